The number of nitrogens with zero attached hydrogens (tertiary/aromatic N) is 1. The fourth-order valence-corrected chi connectivity index (χ4v) is 2.37. The molecular weight excluding hydrogens is 338 g/mol. The standard InChI is InChI=1S/C18H25N3O5/c1-13(2)20-18(24)19-11-14-3-5-15(6-4-14)17(23)26-12-16(22)21-7-9-25-10-8-21/h3-6,13H,7-12H2,1-2H3,(H2,19,20,24). The van der Waals surface area contributed by atoms with E-state index in [9.17, 15) is 14.4 Å². The summed E-state index contributed by atoms with van der Waals surface area (Å²) in [5.74, 6) is -0.776. The van der Waals surface area contributed by atoms with Crippen LogP contribution in [-0.2, 0) is 20.8 Å². The second-order valence-electron chi connectivity index (χ2n) is 6.25. The van der Waals surface area contributed by atoms with E-state index in [4.69, 9.17) is 9.47 Å². The van der Waals surface area contributed by atoms with E-state index in [0.717, 1.165) is 5.56 Å². The van der Waals surface area contributed by atoms with Gasteiger partial charge in [0.15, 0.2) is 6.61 Å². The fraction of sp³-hybridized carbons (Fsp3) is 0.500. The van der Waals surface area contributed by atoms with Crippen LogP contribution in [0.4, 0.5) is 4.79 Å². The van der Waals surface area contributed by atoms with E-state index in [1.54, 1.807) is 29.2 Å². The molecule has 3 amide bonds. The highest BCUT2D eigenvalue weighted by molar-refractivity contribution is 5.91. The molecule has 1 aromatic rings. The Morgan fingerprint density at radius 1 is 1.15 bits per heavy atom. The van der Waals surface area contributed by atoms with Crippen LogP contribution in [0.15, 0.2) is 24.3 Å². The van der Waals surface area contributed by atoms with Gasteiger partial charge in [-0.25, -0.2) is 9.59 Å². The quantitative estimate of drug-likeness (QED) is 0.732. The van der Waals surface area contributed by atoms with Crippen LogP contribution in [0.5, 0.6) is 0 Å². The Morgan fingerprint density at radius 2 is 1.81 bits per heavy atom. The number of esters is 1. The number of hydrogen-bond donors (Lipinski definition) is 2. The molecule has 8 heteroatoms. The van der Waals surface area contributed by atoms with Crippen molar-refractivity contribution >= 4 is 17.9 Å². The van der Waals surface area contributed by atoms with E-state index in [2.05, 4.69) is 10.6 Å². The van der Waals surface area contributed by atoms with Crippen molar-refractivity contribution in [2.75, 3.05) is 32.9 Å². The average molecular weight is 363 g/mol. The number of amides is 3. The molecule has 1 saturated heterocycles. The highest BCUT2D eigenvalue weighted by atomic mass is 16.5. The van der Waals surface area contributed by atoms with Crippen LogP contribution in [0, 0.1) is 0 Å². The summed E-state index contributed by atoms with van der Waals surface area (Å²) >= 11 is 0. The SMILES string of the molecule is CC(C)NC(=O)NCc1ccc(C(=O)OCC(=O)N2CCOCC2)cc1. The minimum absolute atomic E-state index is 0.0623. The van der Waals surface area contributed by atoms with E-state index in [1.165, 1.54) is 0 Å². The lowest BCUT2D eigenvalue weighted by Gasteiger charge is -2.26. The minimum atomic E-state index is -0.552. The Morgan fingerprint density at radius 3 is 2.42 bits per heavy atom. The second kappa shape index (κ2) is 9.76. The van der Waals surface area contributed by atoms with Gasteiger partial charge in [0.2, 0.25) is 0 Å². The van der Waals surface area contributed by atoms with E-state index >= 15 is 0 Å². The first-order chi connectivity index (χ1) is 12.5. The molecule has 0 radical (unpaired) electrons. The first-order valence-corrected chi connectivity index (χ1v) is 8.61. The third-order valence-corrected chi connectivity index (χ3v) is 3.75. The number of benzene rings is 1. The zero-order valence-electron chi connectivity index (χ0n) is 15.1. The summed E-state index contributed by atoms with van der Waals surface area (Å²) in [6.45, 7) is 5.87. The van der Waals surface area contributed by atoms with Crippen LogP contribution >= 0.6 is 0 Å². The highest BCUT2D eigenvalue weighted by Gasteiger charge is 2.18. The number of urea groups is 1. The molecule has 1 heterocycles. The maximum Gasteiger partial charge on any atom is 0.338 e. The molecule has 142 valence electrons. The minimum Gasteiger partial charge on any atom is -0.452 e. The van der Waals surface area contributed by atoms with Gasteiger partial charge in [0, 0.05) is 25.7 Å². The number of nitrogens with one attached hydrogen (secondary N) is 2. The molecule has 0 saturated carbocycles. The molecule has 0 atom stereocenters. The zero-order chi connectivity index (χ0) is 18.9. The average Bonchev–Trinajstić information content (AvgIpc) is 2.64. The fourth-order valence-electron chi connectivity index (χ4n) is 2.37. The lowest BCUT2D eigenvalue weighted by atomic mass is 10.1. The summed E-state index contributed by atoms with van der Waals surface area (Å²) in [4.78, 5) is 37.2. The molecule has 1 aliphatic rings. The lowest BCUT2D eigenvalue weighted by molar-refractivity contribution is -0.138. The molecule has 0 bridgehead atoms. The molecular formula is C18H25N3O5. The van der Waals surface area contributed by atoms with Crippen molar-refractivity contribution in [2.45, 2.75) is 26.4 Å². The van der Waals surface area contributed by atoms with Gasteiger partial charge in [-0.05, 0) is 31.5 Å². The maximum absolute atomic E-state index is 12.0. The topological polar surface area (TPSA) is 97.0 Å². The normalized spacial score (nSPS) is 14.0. The van der Waals surface area contributed by atoms with Crippen LogP contribution < -0.4 is 10.6 Å². The van der Waals surface area contributed by atoms with Gasteiger partial charge in [0.25, 0.3) is 5.91 Å². The van der Waals surface area contributed by atoms with Crippen LogP contribution in [0.1, 0.15) is 29.8 Å². The van der Waals surface area contributed by atoms with Gasteiger partial charge in [-0.15, -0.1) is 0 Å². The van der Waals surface area contributed by atoms with Crippen molar-refractivity contribution in [1.82, 2.24) is 15.5 Å². The molecule has 1 fully saturated rings. The molecule has 8 nitrogen and oxygen atoms in total. The smallest absolute Gasteiger partial charge is 0.338 e. The van der Waals surface area contributed by atoms with Crippen molar-refractivity contribution in [3.63, 3.8) is 0 Å². The number of hydrogen-bond acceptors (Lipinski definition) is 5. The van der Waals surface area contributed by atoms with Gasteiger partial charge in [0.05, 0.1) is 18.8 Å². The number of rotatable bonds is 6. The summed E-state index contributed by atoms with van der Waals surface area (Å²) < 4.78 is 10.3. The Balaban J connectivity index is 1.77. The van der Waals surface area contributed by atoms with E-state index in [0.29, 0.717) is 38.4 Å². The summed E-state index contributed by atoms with van der Waals surface area (Å²) in [7, 11) is 0. The van der Waals surface area contributed by atoms with Gasteiger partial charge >= 0.3 is 12.0 Å². The summed E-state index contributed by atoms with van der Waals surface area (Å²) in [6, 6.07) is 6.50. The monoisotopic (exact) mass is 363 g/mol. The molecule has 26 heavy (non-hydrogen) atoms. The van der Waals surface area contributed by atoms with Crippen LogP contribution in [0.2, 0.25) is 0 Å². The third-order valence-electron chi connectivity index (χ3n) is 3.75. The predicted octanol–water partition coefficient (Wildman–Crippen LogP) is 0.910. The number of morpholine rings is 1. The van der Waals surface area contributed by atoms with Crippen molar-refractivity contribution in [3.8, 4) is 0 Å². The predicted molar refractivity (Wildman–Crippen MR) is 94.6 cm³/mol. The van der Waals surface area contributed by atoms with E-state index in [1.807, 2.05) is 13.8 Å². The highest BCUT2D eigenvalue weighted by Crippen LogP contribution is 2.07. The molecule has 0 aliphatic carbocycles. The Kier molecular flexibility index (Phi) is 7.40. The van der Waals surface area contributed by atoms with Gasteiger partial charge in [-0.2, -0.15) is 0 Å². The van der Waals surface area contributed by atoms with Gasteiger partial charge < -0.3 is 25.0 Å². The summed E-state index contributed by atoms with van der Waals surface area (Å²) in [5, 5.41) is 5.46. The van der Waals surface area contributed by atoms with Gasteiger partial charge in [0.1, 0.15) is 0 Å². The van der Waals surface area contributed by atoms with Crippen LogP contribution in [0.25, 0.3) is 0 Å². The third kappa shape index (κ3) is 6.36. The summed E-state index contributed by atoms with van der Waals surface area (Å²) in [5.41, 5.74) is 1.21. The lowest BCUT2D eigenvalue weighted by Crippen LogP contribution is -2.42. The van der Waals surface area contributed by atoms with Gasteiger partial charge in [-0.1, -0.05) is 12.1 Å². The first-order valence-electron chi connectivity index (χ1n) is 8.61. The first kappa shape index (κ1) is 19.7. The number of carbonyl (C=O) groups excluding carboxylic acids is 3. The van der Waals surface area contributed by atoms with Gasteiger partial charge in [-0.3, -0.25) is 4.79 Å². The molecule has 1 aromatic carbocycles. The Bertz CT molecular complexity index is 624. The van der Waals surface area contributed by atoms with Crippen LogP contribution in [-0.4, -0.2) is 61.8 Å². The maximum atomic E-state index is 12.0. The molecule has 0 aromatic heterocycles. The Hall–Kier alpha value is -2.61. The van der Waals surface area contributed by atoms with Crippen molar-refractivity contribution in [3.05, 3.63) is 35.4 Å². The molecule has 0 unspecified atom stereocenters. The molecule has 0 spiro atoms. The Labute approximate surface area is 152 Å². The number of carbonyl (C=O) groups is 3. The van der Waals surface area contributed by atoms with Crippen molar-refractivity contribution in [2.24, 2.45) is 0 Å². The molecule has 1 aliphatic heterocycles. The van der Waals surface area contributed by atoms with Crippen LogP contribution in [0.3, 0.4) is 0 Å². The second-order valence-corrected chi connectivity index (χ2v) is 6.25. The van der Waals surface area contributed by atoms with E-state index < -0.39 is 5.97 Å². The van der Waals surface area contributed by atoms with Crippen molar-refractivity contribution in [1.29, 1.82) is 0 Å². The van der Waals surface area contributed by atoms with Crippen molar-refractivity contribution < 1.29 is 23.9 Å². The zero-order valence-corrected chi connectivity index (χ0v) is 15.1. The molecule has 2 rings (SSSR count). The number of ether oxygens (including phenoxy) is 2. The molecule has 2 N–H and O–H groups in total. The summed E-state index contributed by atoms with van der Waals surface area (Å²) in [6.07, 6.45) is 0. The van der Waals surface area contributed by atoms with E-state index in [-0.39, 0.29) is 24.6 Å². The largest absolute Gasteiger partial charge is 0.452 e.